The lowest BCUT2D eigenvalue weighted by Crippen LogP contribution is -2.56. The molecule has 1 aromatic carbocycles. The van der Waals surface area contributed by atoms with Crippen LogP contribution in [0.2, 0.25) is 0 Å². The Morgan fingerprint density at radius 2 is 1.75 bits per heavy atom. The molecule has 2 N–H and O–H groups in total. The second kappa shape index (κ2) is 6.27. The molecule has 4 heteroatoms. The zero-order valence-electron chi connectivity index (χ0n) is 13.1. The first kappa shape index (κ1) is 16.5. The Balaban J connectivity index is 2.51. The van der Waals surface area contributed by atoms with Crippen LogP contribution >= 0.6 is 0 Å². The number of rotatable bonds is 6. The number of hydrogen-bond acceptors (Lipinski definition) is 3. The van der Waals surface area contributed by atoms with E-state index in [0.29, 0.717) is 13.2 Å². The number of nitrogens with two attached hydrogens (primary N) is 1. The minimum atomic E-state index is -0.617. The van der Waals surface area contributed by atoms with Gasteiger partial charge in [0.25, 0.3) is 0 Å². The van der Waals surface area contributed by atoms with E-state index in [2.05, 4.69) is 0 Å². The summed E-state index contributed by atoms with van der Waals surface area (Å²) in [4.78, 5) is 14.1. The van der Waals surface area contributed by atoms with Crippen LogP contribution in [0.5, 0.6) is 5.75 Å². The van der Waals surface area contributed by atoms with E-state index in [-0.39, 0.29) is 5.91 Å². The molecule has 0 aliphatic carbocycles. The third-order valence-electron chi connectivity index (χ3n) is 3.93. The van der Waals surface area contributed by atoms with Gasteiger partial charge in [0.05, 0.1) is 12.0 Å². The van der Waals surface area contributed by atoms with Crippen LogP contribution in [0.4, 0.5) is 0 Å². The van der Waals surface area contributed by atoms with E-state index in [1.165, 1.54) is 0 Å². The summed E-state index contributed by atoms with van der Waals surface area (Å²) in [6, 6.07) is 9.58. The van der Waals surface area contributed by atoms with Crippen molar-refractivity contribution in [3.8, 4) is 5.75 Å². The Hall–Kier alpha value is -1.55. The highest BCUT2D eigenvalue weighted by Gasteiger charge is 2.41. The van der Waals surface area contributed by atoms with Gasteiger partial charge in [0.1, 0.15) is 12.4 Å². The summed E-state index contributed by atoms with van der Waals surface area (Å²) in [6.07, 6.45) is 0. The number of amides is 1. The summed E-state index contributed by atoms with van der Waals surface area (Å²) in [5, 5.41) is 0. The molecular formula is C16H26N2O2. The summed E-state index contributed by atoms with van der Waals surface area (Å²) in [5.74, 6) is 0.841. The van der Waals surface area contributed by atoms with Crippen LogP contribution in [-0.4, -0.2) is 36.5 Å². The Labute approximate surface area is 121 Å². The largest absolute Gasteiger partial charge is 0.492 e. The van der Waals surface area contributed by atoms with Gasteiger partial charge in [0.2, 0.25) is 5.91 Å². The molecule has 20 heavy (non-hydrogen) atoms. The fraction of sp³-hybridized carbons (Fsp3) is 0.562. The van der Waals surface area contributed by atoms with Crippen molar-refractivity contribution in [2.75, 3.05) is 20.2 Å². The van der Waals surface area contributed by atoms with Crippen molar-refractivity contribution in [3.63, 3.8) is 0 Å². The van der Waals surface area contributed by atoms with Crippen molar-refractivity contribution < 1.29 is 9.53 Å². The Bertz CT molecular complexity index is 436. The molecule has 1 rings (SSSR count). The number of carbonyl (C=O) groups is 1. The number of likely N-dealkylation sites (N-methyl/N-ethyl adjacent to an activating group) is 1. The van der Waals surface area contributed by atoms with Crippen molar-refractivity contribution in [2.45, 2.75) is 33.2 Å². The molecule has 1 amide bonds. The monoisotopic (exact) mass is 278 g/mol. The van der Waals surface area contributed by atoms with Gasteiger partial charge in [-0.1, -0.05) is 18.2 Å². The van der Waals surface area contributed by atoms with E-state index >= 15 is 0 Å². The lowest BCUT2D eigenvalue weighted by Gasteiger charge is -2.39. The fourth-order valence-electron chi connectivity index (χ4n) is 1.67. The lowest BCUT2D eigenvalue weighted by molar-refractivity contribution is -0.142. The molecule has 0 spiro atoms. The van der Waals surface area contributed by atoms with E-state index in [1.807, 2.05) is 58.0 Å². The Morgan fingerprint density at radius 1 is 1.20 bits per heavy atom. The molecule has 1 aromatic rings. The van der Waals surface area contributed by atoms with Gasteiger partial charge in [0, 0.05) is 12.6 Å². The molecule has 0 aliphatic rings. The predicted octanol–water partition coefficient (Wildman–Crippen LogP) is 2.29. The molecule has 0 atom stereocenters. The summed E-state index contributed by atoms with van der Waals surface area (Å²) >= 11 is 0. The van der Waals surface area contributed by atoms with Crippen LogP contribution in [0.3, 0.4) is 0 Å². The molecule has 0 radical (unpaired) electrons. The first-order valence-corrected chi connectivity index (χ1v) is 6.88. The molecule has 0 aromatic heterocycles. The average Bonchev–Trinajstić information content (AvgIpc) is 2.37. The van der Waals surface area contributed by atoms with Crippen LogP contribution in [0.25, 0.3) is 0 Å². The second-order valence-electron chi connectivity index (χ2n) is 6.23. The number of hydrogen-bond donors (Lipinski definition) is 1. The quantitative estimate of drug-likeness (QED) is 0.868. The maximum absolute atomic E-state index is 12.4. The van der Waals surface area contributed by atoms with Gasteiger partial charge in [-0.2, -0.15) is 0 Å². The number of para-hydroxylation sites is 1. The average molecular weight is 278 g/mol. The molecule has 0 bridgehead atoms. The van der Waals surface area contributed by atoms with Gasteiger partial charge in [-0.15, -0.1) is 0 Å². The van der Waals surface area contributed by atoms with E-state index in [0.717, 1.165) is 5.75 Å². The highest BCUT2D eigenvalue weighted by Crippen LogP contribution is 2.30. The number of ether oxygens (including phenoxy) is 1. The number of nitrogens with zero attached hydrogens (tertiary/aromatic N) is 1. The van der Waals surface area contributed by atoms with Crippen molar-refractivity contribution in [1.29, 1.82) is 0 Å². The standard InChI is InChI=1S/C16H26N2O2/c1-15(2,16(3,4)17)14(19)18(5)11-12-20-13-9-7-6-8-10-13/h6-10H,11-12,17H2,1-5H3. The maximum Gasteiger partial charge on any atom is 0.229 e. The van der Waals surface area contributed by atoms with E-state index in [4.69, 9.17) is 10.5 Å². The van der Waals surface area contributed by atoms with Gasteiger partial charge in [0.15, 0.2) is 0 Å². The summed E-state index contributed by atoms with van der Waals surface area (Å²) in [5.41, 5.74) is 4.91. The smallest absolute Gasteiger partial charge is 0.229 e. The first-order chi connectivity index (χ1) is 9.16. The zero-order chi connectivity index (χ0) is 15.4. The minimum Gasteiger partial charge on any atom is -0.492 e. The van der Waals surface area contributed by atoms with Crippen LogP contribution in [-0.2, 0) is 4.79 Å². The first-order valence-electron chi connectivity index (χ1n) is 6.88. The van der Waals surface area contributed by atoms with Crippen LogP contribution in [0.1, 0.15) is 27.7 Å². The molecule has 112 valence electrons. The van der Waals surface area contributed by atoms with Gasteiger partial charge in [-0.05, 0) is 39.8 Å². The lowest BCUT2D eigenvalue weighted by atomic mass is 9.74. The topological polar surface area (TPSA) is 55.6 Å². The summed E-state index contributed by atoms with van der Waals surface area (Å²) in [6.45, 7) is 8.51. The van der Waals surface area contributed by atoms with Gasteiger partial charge < -0.3 is 15.4 Å². The predicted molar refractivity (Wildman–Crippen MR) is 81.6 cm³/mol. The molecule has 0 fully saturated rings. The highest BCUT2D eigenvalue weighted by molar-refractivity contribution is 5.83. The Kier molecular flexibility index (Phi) is 5.17. The number of benzene rings is 1. The normalized spacial score (nSPS) is 12.1. The molecule has 0 unspecified atom stereocenters. The summed E-state index contributed by atoms with van der Waals surface area (Å²) in [7, 11) is 1.78. The van der Waals surface area contributed by atoms with Gasteiger partial charge in [-0.25, -0.2) is 0 Å². The molecule has 4 nitrogen and oxygen atoms in total. The molecule has 0 saturated carbocycles. The van der Waals surface area contributed by atoms with Crippen molar-refractivity contribution >= 4 is 5.91 Å². The third-order valence-corrected chi connectivity index (χ3v) is 3.93. The van der Waals surface area contributed by atoms with E-state index in [9.17, 15) is 4.79 Å². The molecule has 0 aliphatic heterocycles. The second-order valence-corrected chi connectivity index (χ2v) is 6.23. The zero-order valence-corrected chi connectivity index (χ0v) is 13.1. The number of carbonyl (C=O) groups excluding carboxylic acids is 1. The fourth-order valence-corrected chi connectivity index (χ4v) is 1.67. The molecular weight excluding hydrogens is 252 g/mol. The highest BCUT2D eigenvalue weighted by atomic mass is 16.5. The SMILES string of the molecule is CN(CCOc1ccccc1)C(=O)C(C)(C)C(C)(C)N. The van der Waals surface area contributed by atoms with Crippen LogP contribution in [0.15, 0.2) is 30.3 Å². The third kappa shape index (κ3) is 3.97. The van der Waals surface area contributed by atoms with E-state index < -0.39 is 11.0 Å². The maximum atomic E-state index is 12.4. The van der Waals surface area contributed by atoms with Crippen LogP contribution in [0, 0.1) is 5.41 Å². The minimum absolute atomic E-state index is 0.0293. The molecule has 0 heterocycles. The van der Waals surface area contributed by atoms with E-state index in [1.54, 1.807) is 11.9 Å². The van der Waals surface area contributed by atoms with Crippen molar-refractivity contribution in [3.05, 3.63) is 30.3 Å². The van der Waals surface area contributed by atoms with Gasteiger partial charge in [-0.3, -0.25) is 4.79 Å². The van der Waals surface area contributed by atoms with Crippen LogP contribution < -0.4 is 10.5 Å². The van der Waals surface area contributed by atoms with Crippen molar-refractivity contribution in [2.24, 2.45) is 11.1 Å². The van der Waals surface area contributed by atoms with Crippen molar-refractivity contribution in [1.82, 2.24) is 4.90 Å². The molecule has 0 saturated heterocycles. The Morgan fingerprint density at radius 3 is 2.25 bits per heavy atom. The van der Waals surface area contributed by atoms with Gasteiger partial charge >= 0.3 is 0 Å². The summed E-state index contributed by atoms with van der Waals surface area (Å²) < 4.78 is 5.60.